The van der Waals surface area contributed by atoms with Gasteiger partial charge in [0.15, 0.2) is 0 Å². The predicted octanol–water partition coefficient (Wildman–Crippen LogP) is 2.67. The molecular formula is C14H18N2O2. The van der Waals surface area contributed by atoms with Gasteiger partial charge in [0.05, 0.1) is 5.56 Å². The minimum Gasteiger partial charge on any atom is -0.478 e. The second-order valence-electron chi connectivity index (χ2n) is 4.80. The van der Waals surface area contributed by atoms with Crippen molar-refractivity contribution in [2.45, 2.75) is 26.2 Å². The molecule has 18 heavy (non-hydrogen) atoms. The van der Waals surface area contributed by atoms with Gasteiger partial charge in [0.25, 0.3) is 0 Å². The lowest BCUT2D eigenvalue weighted by Gasteiger charge is -2.25. The number of hydrogen-bond donors (Lipinski definition) is 1. The van der Waals surface area contributed by atoms with Crippen molar-refractivity contribution < 1.29 is 9.90 Å². The number of carboxylic acids is 1. The molecule has 0 radical (unpaired) electrons. The van der Waals surface area contributed by atoms with E-state index >= 15 is 0 Å². The van der Waals surface area contributed by atoms with Crippen LogP contribution in [0.3, 0.4) is 0 Å². The minimum atomic E-state index is -0.895. The van der Waals surface area contributed by atoms with E-state index in [0.29, 0.717) is 5.56 Å². The van der Waals surface area contributed by atoms with Crippen molar-refractivity contribution in [2.75, 3.05) is 18.0 Å². The molecule has 0 aliphatic carbocycles. The number of nitrogens with zero attached hydrogens (tertiary/aromatic N) is 2. The Balaban J connectivity index is 2.39. The summed E-state index contributed by atoms with van der Waals surface area (Å²) >= 11 is 0. The molecule has 4 heteroatoms. The molecule has 1 aromatic rings. The van der Waals surface area contributed by atoms with Crippen LogP contribution in [0.25, 0.3) is 0 Å². The molecule has 1 aliphatic heterocycles. The largest absolute Gasteiger partial charge is 0.478 e. The monoisotopic (exact) mass is 246 g/mol. The van der Waals surface area contributed by atoms with Crippen LogP contribution < -0.4 is 4.90 Å². The Kier molecular flexibility index (Phi) is 3.65. The van der Waals surface area contributed by atoms with E-state index in [4.69, 9.17) is 5.11 Å². The highest BCUT2D eigenvalue weighted by atomic mass is 16.4. The zero-order valence-corrected chi connectivity index (χ0v) is 10.8. The van der Waals surface area contributed by atoms with Gasteiger partial charge in [-0.05, 0) is 24.5 Å². The van der Waals surface area contributed by atoms with E-state index in [-0.39, 0.29) is 5.92 Å². The van der Waals surface area contributed by atoms with E-state index in [0.717, 1.165) is 31.0 Å². The molecule has 1 aliphatic rings. The summed E-state index contributed by atoms with van der Waals surface area (Å²) in [5.74, 6) is 0.0967. The Morgan fingerprint density at radius 2 is 2.17 bits per heavy atom. The summed E-state index contributed by atoms with van der Waals surface area (Å²) in [5, 5.41) is 9.15. The average Bonchev–Trinajstić information content (AvgIpc) is 2.39. The lowest BCUT2D eigenvalue weighted by Crippen LogP contribution is -2.28. The standard InChI is InChI=1S/C14H18N2O2/c1-10(2)12-8-11(14(17)18)9-13(15-12)16-6-4-3-5-7-16/h3-4,8-10H,5-7H2,1-2H3,(H,17,18). The van der Waals surface area contributed by atoms with Crippen LogP contribution in [-0.4, -0.2) is 29.1 Å². The highest BCUT2D eigenvalue weighted by Gasteiger charge is 2.15. The molecule has 0 saturated carbocycles. The molecule has 96 valence electrons. The SMILES string of the molecule is CC(C)c1cc(C(=O)O)cc(N2CC=CCC2)n1. The third-order valence-corrected chi connectivity index (χ3v) is 3.05. The molecule has 2 heterocycles. The Morgan fingerprint density at radius 3 is 2.72 bits per heavy atom. The van der Waals surface area contributed by atoms with Crippen LogP contribution in [0.1, 0.15) is 42.2 Å². The first-order valence-corrected chi connectivity index (χ1v) is 6.23. The molecule has 0 amide bonds. The smallest absolute Gasteiger partial charge is 0.335 e. The van der Waals surface area contributed by atoms with Crippen LogP contribution in [0.15, 0.2) is 24.3 Å². The van der Waals surface area contributed by atoms with Crippen LogP contribution in [0.2, 0.25) is 0 Å². The summed E-state index contributed by atoms with van der Waals surface area (Å²) in [6.07, 6.45) is 5.21. The van der Waals surface area contributed by atoms with Crippen molar-refractivity contribution in [2.24, 2.45) is 0 Å². The Morgan fingerprint density at radius 1 is 1.39 bits per heavy atom. The lowest BCUT2D eigenvalue weighted by molar-refractivity contribution is 0.0696. The summed E-state index contributed by atoms with van der Waals surface area (Å²) in [7, 11) is 0. The fraction of sp³-hybridized carbons (Fsp3) is 0.429. The van der Waals surface area contributed by atoms with Crippen LogP contribution in [0, 0.1) is 0 Å². The minimum absolute atomic E-state index is 0.225. The third kappa shape index (κ3) is 2.70. The van der Waals surface area contributed by atoms with Crippen molar-refractivity contribution in [3.8, 4) is 0 Å². The van der Waals surface area contributed by atoms with E-state index in [2.05, 4.69) is 22.0 Å². The van der Waals surface area contributed by atoms with Crippen LogP contribution >= 0.6 is 0 Å². The maximum atomic E-state index is 11.2. The Hall–Kier alpha value is -1.84. The summed E-state index contributed by atoms with van der Waals surface area (Å²) in [4.78, 5) is 17.8. The van der Waals surface area contributed by atoms with Crippen molar-refractivity contribution in [3.05, 3.63) is 35.5 Å². The Bertz CT molecular complexity index is 481. The number of carbonyl (C=O) groups is 1. The molecule has 4 nitrogen and oxygen atoms in total. The molecule has 0 bridgehead atoms. The zero-order valence-electron chi connectivity index (χ0n) is 10.8. The quantitative estimate of drug-likeness (QED) is 0.833. The predicted molar refractivity (Wildman–Crippen MR) is 71.3 cm³/mol. The van der Waals surface area contributed by atoms with Gasteiger partial charge in [0, 0.05) is 18.8 Å². The van der Waals surface area contributed by atoms with Gasteiger partial charge >= 0.3 is 5.97 Å². The van der Waals surface area contributed by atoms with E-state index in [1.54, 1.807) is 12.1 Å². The number of aromatic carboxylic acids is 1. The van der Waals surface area contributed by atoms with E-state index in [1.807, 2.05) is 13.8 Å². The van der Waals surface area contributed by atoms with Crippen molar-refractivity contribution in [3.63, 3.8) is 0 Å². The number of carboxylic acid groups (broad SMARTS) is 1. The first-order chi connectivity index (χ1) is 8.58. The highest BCUT2D eigenvalue weighted by molar-refractivity contribution is 5.88. The summed E-state index contributed by atoms with van der Waals surface area (Å²) in [6.45, 7) is 5.74. The molecule has 1 aromatic heterocycles. The molecular weight excluding hydrogens is 228 g/mol. The number of pyridine rings is 1. The van der Waals surface area contributed by atoms with Gasteiger partial charge in [-0.2, -0.15) is 0 Å². The van der Waals surface area contributed by atoms with E-state index < -0.39 is 5.97 Å². The molecule has 0 atom stereocenters. The molecule has 0 unspecified atom stereocenters. The number of aromatic nitrogens is 1. The summed E-state index contributed by atoms with van der Waals surface area (Å²) in [5.41, 5.74) is 1.15. The normalized spacial score (nSPS) is 15.2. The summed E-state index contributed by atoms with van der Waals surface area (Å²) in [6, 6.07) is 3.32. The van der Waals surface area contributed by atoms with Gasteiger partial charge < -0.3 is 10.0 Å². The molecule has 0 spiro atoms. The van der Waals surface area contributed by atoms with Crippen molar-refractivity contribution in [1.82, 2.24) is 4.98 Å². The van der Waals surface area contributed by atoms with Crippen molar-refractivity contribution in [1.29, 1.82) is 0 Å². The van der Waals surface area contributed by atoms with Crippen LogP contribution in [0.4, 0.5) is 5.82 Å². The van der Waals surface area contributed by atoms with Gasteiger partial charge in [-0.1, -0.05) is 26.0 Å². The topological polar surface area (TPSA) is 53.4 Å². The first-order valence-electron chi connectivity index (χ1n) is 6.23. The molecule has 0 aromatic carbocycles. The second-order valence-corrected chi connectivity index (χ2v) is 4.80. The van der Waals surface area contributed by atoms with E-state index in [1.165, 1.54) is 0 Å². The fourth-order valence-corrected chi connectivity index (χ4v) is 1.97. The van der Waals surface area contributed by atoms with Gasteiger partial charge in [-0.25, -0.2) is 9.78 Å². The van der Waals surface area contributed by atoms with Gasteiger partial charge in [0.1, 0.15) is 5.82 Å². The van der Waals surface area contributed by atoms with E-state index in [9.17, 15) is 4.79 Å². The summed E-state index contributed by atoms with van der Waals surface area (Å²) < 4.78 is 0. The fourth-order valence-electron chi connectivity index (χ4n) is 1.97. The van der Waals surface area contributed by atoms with Gasteiger partial charge in [0.2, 0.25) is 0 Å². The van der Waals surface area contributed by atoms with Gasteiger partial charge in [-0.3, -0.25) is 0 Å². The molecule has 0 saturated heterocycles. The highest BCUT2D eigenvalue weighted by Crippen LogP contribution is 2.21. The number of anilines is 1. The van der Waals surface area contributed by atoms with Gasteiger partial charge in [-0.15, -0.1) is 0 Å². The Labute approximate surface area is 107 Å². The number of rotatable bonds is 3. The first kappa shape index (κ1) is 12.6. The zero-order chi connectivity index (χ0) is 13.1. The number of hydrogen-bond acceptors (Lipinski definition) is 3. The molecule has 1 N–H and O–H groups in total. The maximum Gasteiger partial charge on any atom is 0.335 e. The van der Waals surface area contributed by atoms with Crippen LogP contribution in [-0.2, 0) is 0 Å². The van der Waals surface area contributed by atoms with Crippen LogP contribution in [0.5, 0.6) is 0 Å². The maximum absolute atomic E-state index is 11.2. The lowest BCUT2D eigenvalue weighted by atomic mass is 10.1. The third-order valence-electron chi connectivity index (χ3n) is 3.05. The average molecular weight is 246 g/mol. The second kappa shape index (κ2) is 5.21. The molecule has 2 rings (SSSR count). The van der Waals surface area contributed by atoms with Crippen molar-refractivity contribution >= 4 is 11.8 Å². The molecule has 0 fully saturated rings.